The van der Waals surface area contributed by atoms with Gasteiger partial charge in [0.05, 0.1) is 13.0 Å². The average Bonchev–Trinajstić information content (AvgIpc) is 3.14. The lowest BCUT2D eigenvalue weighted by Gasteiger charge is -2.27. The van der Waals surface area contributed by atoms with Crippen molar-refractivity contribution in [1.82, 2.24) is 10.2 Å². The van der Waals surface area contributed by atoms with E-state index in [1.807, 2.05) is 0 Å². The second-order valence-electron chi connectivity index (χ2n) is 7.53. The van der Waals surface area contributed by atoms with Gasteiger partial charge in [-0.15, -0.1) is 0 Å². The molecule has 0 aromatic heterocycles. The van der Waals surface area contributed by atoms with Crippen molar-refractivity contribution in [3.8, 4) is 0 Å². The van der Waals surface area contributed by atoms with Gasteiger partial charge in [0.15, 0.2) is 5.17 Å². The highest BCUT2D eigenvalue weighted by Crippen LogP contribution is 2.29. The molecule has 0 spiro atoms. The van der Waals surface area contributed by atoms with Crippen LogP contribution < -0.4 is 10.6 Å². The van der Waals surface area contributed by atoms with Gasteiger partial charge in [-0.25, -0.2) is 0 Å². The fraction of sp³-hybridized carbons (Fsp3) is 0.500. The third-order valence-electron chi connectivity index (χ3n) is 5.05. The lowest BCUT2D eigenvalue weighted by atomic mass is 10.1. The Labute approximate surface area is 191 Å². The first-order valence-electron chi connectivity index (χ1n) is 10.8. The van der Waals surface area contributed by atoms with Crippen molar-refractivity contribution in [1.29, 1.82) is 0 Å². The van der Waals surface area contributed by atoms with Crippen LogP contribution in [0, 0.1) is 0 Å². The number of piperidine rings is 1. The van der Waals surface area contributed by atoms with E-state index in [9.17, 15) is 19.2 Å². The molecule has 9 nitrogen and oxygen atoms in total. The van der Waals surface area contributed by atoms with Crippen LogP contribution in [0.3, 0.4) is 0 Å². The van der Waals surface area contributed by atoms with Crippen molar-refractivity contribution in [3.05, 3.63) is 29.8 Å². The van der Waals surface area contributed by atoms with Crippen LogP contribution in [0.4, 0.5) is 5.69 Å². The molecule has 0 aliphatic carbocycles. The number of anilines is 1. The quantitative estimate of drug-likeness (QED) is 0.571. The maximum absolute atomic E-state index is 12.5. The Balaban J connectivity index is 1.47. The maximum Gasteiger partial charge on any atom is 0.307 e. The Bertz CT molecular complexity index is 898. The van der Waals surface area contributed by atoms with Crippen LogP contribution in [0.5, 0.6) is 0 Å². The maximum atomic E-state index is 12.5. The second-order valence-corrected chi connectivity index (χ2v) is 8.70. The highest BCUT2D eigenvalue weighted by atomic mass is 32.2. The van der Waals surface area contributed by atoms with E-state index in [1.165, 1.54) is 18.2 Å². The molecule has 1 unspecified atom stereocenters. The first-order chi connectivity index (χ1) is 15.5. The van der Waals surface area contributed by atoms with Gasteiger partial charge in [0.2, 0.25) is 5.91 Å². The average molecular weight is 461 g/mol. The molecule has 1 saturated heterocycles. The van der Waals surface area contributed by atoms with Gasteiger partial charge < -0.3 is 20.3 Å². The number of amides is 3. The molecule has 0 radical (unpaired) electrons. The van der Waals surface area contributed by atoms with Gasteiger partial charge in [-0.1, -0.05) is 17.8 Å². The van der Waals surface area contributed by atoms with E-state index in [4.69, 9.17) is 4.74 Å². The number of thioether (sulfide) groups is 1. The number of esters is 1. The van der Waals surface area contributed by atoms with Gasteiger partial charge in [-0.3, -0.25) is 19.2 Å². The summed E-state index contributed by atoms with van der Waals surface area (Å²) in [6, 6.07) is 6.50. The molecule has 2 aliphatic heterocycles. The Hall–Kier alpha value is -2.88. The molecule has 32 heavy (non-hydrogen) atoms. The number of carbonyl (C=O) groups excluding carboxylic acids is 4. The first kappa shape index (κ1) is 23.8. The number of nitrogens with zero attached hydrogens (tertiary/aromatic N) is 2. The molecule has 1 atom stereocenters. The first-order valence-corrected chi connectivity index (χ1v) is 11.7. The number of carbonyl (C=O) groups is 4. The molecule has 2 N–H and O–H groups in total. The minimum atomic E-state index is -0.527. The molecule has 172 valence electrons. The van der Waals surface area contributed by atoms with Crippen molar-refractivity contribution in [2.45, 2.75) is 44.3 Å². The third kappa shape index (κ3) is 6.81. The predicted octanol–water partition coefficient (Wildman–Crippen LogP) is 2.18. The summed E-state index contributed by atoms with van der Waals surface area (Å²) in [6.07, 6.45) is 3.47. The molecular formula is C22H28N4O5S. The number of ether oxygens (including phenoxy) is 1. The fourth-order valence-electron chi connectivity index (χ4n) is 3.46. The summed E-state index contributed by atoms with van der Waals surface area (Å²) in [7, 11) is 0. The number of hydrogen-bond donors (Lipinski definition) is 2. The van der Waals surface area contributed by atoms with Crippen molar-refractivity contribution >= 4 is 46.3 Å². The summed E-state index contributed by atoms with van der Waals surface area (Å²) in [6.45, 7) is 3.97. The number of benzene rings is 1. The van der Waals surface area contributed by atoms with Crippen LogP contribution in [-0.4, -0.2) is 65.2 Å². The normalized spacial score (nSPS) is 18.2. The van der Waals surface area contributed by atoms with Crippen LogP contribution >= 0.6 is 11.8 Å². The summed E-state index contributed by atoms with van der Waals surface area (Å²) in [5.41, 5.74) is 0.814. The molecule has 3 amide bonds. The zero-order chi connectivity index (χ0) is 22.9. The van der Waals surface area contributed by atoms with Crippen LogP contribution in [0.25, 0.3) is 0 Å². The lowest BCUT2D eigenvalue weighted by Crippen LogP contribution is -2.33. The van der Waals surface area contributed by atoms with E-state index in [0.717, 1.165) is 25.9 Å². The number of aliphatic imine (C=N–C) groups is 1. The highest BCUT2D eigenvalue weighted by Gasteiger charge is 2.33. The van der Waals surface area contributed by atoms with Gasteiger partial charge in [0.25, 0.3) is 11.8 Å². The van der Waals surface area contributed by atoms with Gasteiger partial charge in [-0.2, -0.15) is 4.99 Å². The van der Waals surface area contributed by atoms with E-state index in [-0.39, 0.29) is 43.1 Å². The lowest BCUT2D eigenvalue weighted by molar-refractivity contribution is -0.142. The highest BCUT2D eigenvalue weighted by molar-refractivity contribution is 8.15. The summed E-state index contributed by atoms with van der Waals surface area (Å²) in [5, 5.41) is 5.59. The minimum absolute atomic E-state index is 0.0142. The van der Waals surface area contributed by atoms with Gasteiger partial charge in [0, 0.05) is 37.3 Å². The van der Waals surface area contributed by atoms with E-state index in [1.54, 1.807) is 31.2 Å². The van der Waals surface area contributed by atoms with Crippen LogP contribution in [0.15, 0.2) is 29.3 Å². The molecule has 1 aromatic rings. The third-order valence-corrected chi connectivity index (χ3v) is 6.27. The minimum Gasteiger partial charge on any atom is -0.466 e. The van der Waals surface area contributed by atoms with Crippen LogP contribution in [0.2, 0.25) is 0 Å². The SMILES string of the molecule is CCOC(=O)CCNC(=O)c1cccc(NC(=O)CC2SC(N3CCCCC3)=NC2=O)c1. The second kappa shape index (κ2) is 11.7. The predicted molar refractivity (Wildman–Crippen MR) is 123 cm³/mol. The number of hydrogen-bond acceptors (Lipinski definition) is 7. The molecule has 0 bridgehead atoms. The van der Waals surface area contributed by atoms with Gasteiger partial charge >= 0.3 is 5.97 Å². The molecule has 0 saturated carbocycles. The van der Waals surface area contributed by atoms with Crippen LogP contribution in [0.1, 0.15) is 49.4 Å². The monoisotopic (exact) mass is 460 g/mol. The number of nitrogens with one attached hydrogen (secondary N) is 2. The Morgan fingerprint density at radius 1 is 1.22 bits per heavy atom. The largest absolute Gasteiger partial charge is 0.466 e. The Morgan fingerprint density at radius 3 is 2.75 bits per heavy atom. The molecular weight excluding hydrogens is 432 g/mol. The zero-order valence-electron chi connectivity index (χ0n) is 18.1. The van der Waals surface area contributed by atoms with Gasteiger partial charge in [-0.05, 0) is 44.4 Å². The summed E-state index contributed by atoms with van der Waals surface area (Å²) < 4.78 is 4.82. The van der Waals surface area contributed by atoms with Gasteiger partial charge in [0.1, 0.15) is 5.25 Å². The summed E-state index contributed by atoms with van der Waals surface area (Å²) in [4.78, 5) is 54.6. The smallest absolute Gasteiger partial charge is 0.307 e. The Morgan fingerprint density at radius 2 is 2.00 bits per heavy atom. The topological polar surface area (TPSA) is 117 Å². The Kier molecular flexibility index (Phi) is 8.66. The zero-order valence-corrected chi connectivity index (χ0v) is 18.9. The molecule has 1 fully saturated rings. The molecule has 2 heterocycles. The van der Waals surface area contributed by atoms with Crippen molar-refractivity contribution < 1.29 is 23.9 Å². The molecule has 3 rings (SSSR count). The molecule has 10 heteroatoms. The number of rotatable bonds is 8. The number of amidine groups is 1. The summed E-state index contributed by atoms with van der Waals surface area (Å²) in [5.74, 6) is -1.32. The van der Waals surface area contributed by atoms with E-state index in [2.05, 4.69) is 20.5 Å². The van der Waals surface area contributed by atoms with Crippen molar-refractivity contribution in [3.63, 3.8) is 0 Å². The molecule has 2 aliphatic rings. The van der Waals surface area contributed by atoms with Crippen LogP contribution in [-0.2, 0) is 19.1 Å². The van der Waals surface area contributed by atoms with E-state index >= 15 is 0 Å². The van der Waals surface area contributed by atoms with E-state index < -0.39 is 5.25 Å². The molecule has 1 aromatic carbocycles. The van der Waals surface area contributed by atoms with Crippen molar-refractivity contribution in [2.24, 2.45) is 4.99 Å². The standard InChI is InChI=1S/C22H28N4O5S/c1-2-31-19(28)9-10-23-20(29)15-7-6-8-16(13-15)24-18(27)14-17-21(30)25-22(32-17)26-11-4-3-5-12-26/h6-8,13,17H,2-5,9-12,14H2,1H3,(H,23,29)(H,24,27). The number of likely N-dealkylation sites (tertiary alicyclic amines) is 1. The fourth-order valence-corrected chi connectivity index (χ4v) is 4.58. The van der Waals surface area contributed by atoms with Crippen molar-refractivity contribution in [2.75, 3.05) is 31.6 Å². The van der Waals surface area contributed by atoms with E-state index in [0.29, 0.717) is 23.0 Å². The summed E-state index contributed by atoms with van der Waals surface area (Å²) >= 11 is 1.35.